The summed E-state index contributed by atoms with van der Waals surface area (Å²) in [5, 5.41) is 18.8. The number of fused-ring (bicyclic) bond motifs is 1. The van der Waals surface area contributed by atoms with Gasteiger partial charge in [0.25, 0.3) is 0 Å². The summed E-state index contributed by atoms with van der Waals surface area (Å²) in [6, 6.07) is 7.77. The van der Waals surface area contributed by atoms with Crippen molar-refractivity contribution in [1.29, 1.82) is 0 Å². The SMILES string of the molecule is O=C(O)c1nnc(-c2csc3ccccc23)o1. The Balaban J connectivity index is 2.17. The van der Waals surface area contributed by atoms with Crippen LogP contribution in [0.1, 0.15) is 10.7 Å². The van der Waals surface area contributed by atoms with Gasteiger partial charge in [-0.3, -0.25) is 0 Å². The first-order valence-corrected chi connectivity index (χ1v) is 5.67. The third-order valence-electron chi connectivity index (χ3n) is 2.32. The van der Waals surface area contributed by atoms with Crippen molar-refractivity contribution in [3.8, 4) is 11.5 Å². The van der Waals surface area contributed by atoms with Crippen molar-refractivity contribution >= 4 is 27.4 Å². The first-order chi connectivity index (χ1) is 8.25. The Kier molecular flexibility index (Phi) is 2.15. The van der Waals surface area contributed by atoms with E-state index in [0.29, 0.717) is 0 Å². The summed E-state index contributed by atoms with van der Waals surface area (Å²) in [4.78, 5) is 10.7. The lowest BCUT2D eigenvalue weighted by molar-refractivity contribution is 0.0654. The van der Waals surface area contributed by atoms with Gasteiger partial charge in [-0.05, 0) is 6.07 Å². The van der Waals surface area contributed by atoms with Gasteiger partial charge in [0.15, 0.2) is 0 Å². The molecule has 0 radical (unpaired) electrons. The summed E-state index contributed by atoms with van der Waals surface area (Å²) >= 11 is 1.55. The number of hydrogen-bond donors (Lipinski definition) is 1. The van der Waals surface area contributed by atoms with Crippen molar-refractivity contribution < 1.29 is 14.3 Å². The van der Waals surface area contributed by atoms with E-state index < -0.39 is 11.9 Å². The molecule has 17 heavy (non-hydrogen) atoms. The summed E-state index contributed by atoms with van der Waals surface area (Å²) in [7, 11) is 0. The van der Waals surface area contributed by atoms with E-state index in [2.05, 4.69) is 10.2 Å². The zero-order valence-corrected chi connectivity index (χ0v) is 9.27. The highest BCUT2D eigenvalue weighted by Crippen LogP contribution is 2.32. The van der Waals surface area contributed by atoms with Gasteiger partial charge in [0.05, 0.1) is 5.56 Å². The number of rotatable bonds is 2. The van der Waals surface area contributed by atoms with Gasteiger partial charge >= 0.3 is 11.9 Å². The topological polar surface area (TPSA) is 76.2 Å². The highest BCUT2D eigenvalue weighted by atomic mass is 32.1. The van der Waals surface area contributed by atoms with Gasteiger partial charge in [-0.25, -0.2) is 4.79 Å². The Bertz CT molecular complexity index is 701. The number of carbonyl (C=O) groups is 1. The zero-order chi connectivity index (χ0) is 11.8. The molecule has 5 nitrogen and oxygen atoms in total. The Hall–Kier alpha value is -2.21. The quantitative estimate of drug-likeness (QED) is 0.752. The molecule has 1 aromatic carbocycles. The molecule has 0 aliphatic rings. The third kappa shape index (κ3) is 1.58. The number of thiophene rings is 1. The predicted molar refractivity (Wildman–Crippen MR) is 62.1 cm³/mol. The van der Waals surface area contributed by atoms with Crippen LogP contribution in [0.3, 0.4) is 0 Å². The Morgan fingerprint density at radius 2 is 2.12 bits per heavy atom. The van der Waals surface area contributed by atoms with E-state index in [1.807, 2.05) is 29.6 Å². The van der Waals surface area contributed by atoms with Crippen molar-refractivity contribution in [3.63, 3.8) is 0 Å². The molecule has 0 unspecified atom stereocenters. The molecule has 0 amide bonds. The van der Waals surface area contributed by atoms with Gasteiger partial charge in [-0.1, -0.05) is 18.2 Å². The van der Waals surface area contributed by atoms with Crippen LogP contribution in [0.25, 0.3) is 21.5 Å². The number of aromatic carboxylic acids is 1. The normalized spacial score (nSPS) is 10.8. The first kappa shape index (κ1) is 9.98. The lowest BCUT2D eigenvalue weighted by atomic mass is 10.2. The van der Waals surface area contributed by atoms with Crippen LogP contribution in [0, 0.1) is 0 Å². The van der Waals surface area contributed by atoms with Crippen molar-refractivity contribution in [2.75, 3.05) is 0 Å². The zero-order valence-electron chi connectivity index (χ0n) is 8.45. The van der Waals surface area contributed by atoms with Crippen molar-refractivity contribution in [1.82, 2.24) is 10.2 Å². The fourth-order valence-corrected chi connectivity index (χ4v) is 2.50. The van der Waals surface area contributed by atoms with Crippen molar-refractivity contribution in [2.24, 2.45) is 0 Å². The van der Waals surface area contributed by atoms with Crippen LogP contribution in [0.15, 0.2) is 34.1 Å². The molecule has 0 saturated heterocycles. The lowest BCUT2D eigenvalue weighted by Gasteiger charge is -1.91. The van der Waals surface area contributed by atoms with Gasteiger partial charge < -0.3 is 9.52 Å². The Morgan fingerprint density at radius 3 is 2.88 bits per heavy atom. The van der Waals surface area contributed by atoms with Crippen LogP contribution in [-0.2, 0) is 0 Å². The maximum atomic E-state index is 10.7. The van der Waals surface area contributed by atoms with E-state index in [4.69, 9.17) is 9.52 Å². The number of benzene rings is 1. The van der Waals surface area contributed by atoms with Crippen LogP contribution >= 0.6 is 11.3 Å². The molecular formula is C11H6N2O3S. The van der Waals surface area contributed by atoms with Crippen LogP contribution in [0.5, 0.6) is 0 Å². The molecule has 0 spiro atoms. The molecule has 84 valence electrons. The predicted octanol–water partition coefficient (Wildman–Crippen LogP) is 2.65. The largest absolute Gasteiger partial charge is 0.474 e. The number of hydrogen-bond acceptors (Lipinski definition) is 5. The molecule has 2 heterocycles. The van der Waals surface area contributed by atoms with Crippen molar-refractivity contribution in [2.45, 2.75) is 0 Å². The Morgan fingerprint density at radius 1 is 1.29 bits per heavy atom. The lowest BCUT2D eigenvalue weighted by Crippen LogP contribution is -1.95. The molecule has 0 atom stereocenters. The van der Waals surface area contributed by atoms with E-state index in [1.54, 1.807) is 11.3 Å². The maximum Gasteiger partial charge on any atom is 0.393 e. The van der Waals surface area contributed by atoms with Crippen molar-refractivity contribution in [3.05, 3.63) is 35.5 Å². The molecule has 0 aliphatic carbocycles. The van der Waals surface area contributed by atoms with Gasteiger partial charge in [-0.2, -0.15) is 0 Å². The van der Waals surface area contributed by atoms with Crippen LogP contribution in [-0.4, -0.2) is 21.3 Å². The van der Waals surface area contributed by atoms with E-state index in [9.17, 15) is 4.79 Å². The summed E-state index contributed by atoms with van der Waals surface area (Å²) in [6.07, 6.45) is 0. The standard InChI is InChI=1S/C11H6N2O3S/c14-11(15)10-13-12-9(16-10)7-5-17-8-4-2-1-3-6(7)8/h1-5H,(H,14,15). The number of carboxylic acids is 1. The van der Waals surface area contributed by atoms with Crippen LogP contribution in [0.4, 0.5) is 0 Å². The molecular weight excluding hydrogens is 240 g/mol. The molecule has 0 fully saturated rings. The highest BCUT2D eigenvalue weighted by Gasteiger charge is 2.16. The average molecular weight is 246 g/mol. The fourth-order valence-electron chi connectivity index (χ4n) is 1.56. The molecule has 2 aromatic heterocycles. The minimum Gasteiger partial charge on any atom is -0.474 e. The minimum atomic E-state index is -1.22. The average Bonchev–Trinajstić information content (AvgIpc) is 2.95. The van der Waals surface area contributed by atoms with E-state index >= 15 is 0 Å². The second-order valence-corrected chi connectivity index (χ2v) is 4.27. The van der Waals surface area contributed by atoms with Crippen LogP contribution in [0.2, 0.25) is 0 Å². The fraction of sp³-hybridized carbons (Fsp3) is 0. The molecule has 0 saturated carbocycles. The molecule has 1 N–H and O–H groups in total. The molecule has 3 rings (SSSR count). The Labute approximate surface area is 99.3 Å². The van der Waals surface area contributed by atoms with Gasteiger partial charge in [0.1, 0.15) is 0 Å². The molecule has 0 bridgehead atoms. The summed E-state index contributed by atoms with van der Waals surface area (Å²) in [5.74, 6) is -1.38. The summed E-state index contributed by atoms with van der Waals surface area (Å²) < 4.78 is 6.18. The van der Waals surface area contributed by atoms with E-state index in [0.717, 1.165) is 15.6 Å². The summed E-state index contributed by atoms with van der Waals surface area (Å²) in [5.41, 5.74) is 0.769. The minimum absolute atomic E-state index is 0.236. The maximum absolute atomic E-state index is 10.7. The first-order valence-electron chi connectivity index (χ1n) is 4.79. The second-order valence-electron chi connectivity index (χ2n) is 3.36. The number of nitrogens with zero attached hydrogens (tertiary/aromatic N) is 2. The van der Waals surface area contributed by atoms with E-state index in [1.165, 1.54) is 0 Å². The van der Waals surface area contributed by atoms with E-state index in [-0.39, 0.29) is 5.89 Å². The number of carboxylic acid groups (broad SMARTS) is 1. The number of aromatic nitrogens is 2. The smallest absolute Gasteiger partial charge is 0.393 e. The molecule has 6 heteroatoms. The summed E-state index contributed by atoms with van der Waals surface area (Å²) in [6.45, 7) is 0. The monoisotopic (exact) mass is 246 g/mol. The van der Waals surface area contributed by atoms with Crippen LogP contribution < -0.4 is 0 Å². The molecule has 3 aromatic rings. The highest BCUT2D eigenvalue weighted by molar-refractivity contribution is 7.17. The molecule has 0 aliphatic heterocycles. The van der Waals surface area contributed by atoms with Gasteiger partial charge in [0.2, 0.25) is 5.89 Å². The second kappa shape index (κ2) is 3.67. The third-order valence-corrected chi connectivity index (χ3v) is 3.28. The van der Waals surface area contributed by atoms with Gasteiger partial charge in [-0.15, -0.1) is 21.5 Å². The van der Waals surface area contributed by atoms with Gasteiger partial charge in [0, 0.05) is 15.5 Å².